The number of hydrogen-bond acceptors (Lipinski definition) is 6. The molecule has 0 spiro atoms. The minimum absolute atomic E-state index is 0.0280. The van der Waals surface area contributed by atoms with Crippen molar-refractivity contribution in [3.63, 3.8) is 0 Å². The normalized spacial score (nSPS) is 16.5. The first kappa shape index (κ1) is 30.0. The number of nitrogens with one attached hydrogen (secondary N) is 2. The van der Waals surface area contributed by atoms with Crippen LogP contribution >= 0.6 is 0 Å². The monoisotopic (exact) mass is 569 g/mol. The van der Waals surface area contributed by atoms with Gasteiger partial charge in [-0.05, 0) is 36.8 Å². The molecule has 0 radical (unpaired) electrons. The zero-order chi connectivity index (χ0) is 30.0. The number of amides is 4. The van der Waals surface area contributed by atoms with Crippen molar-refractivity contribution in [2.45, 2.75) is 25.1 Å². The molecule has 0 saturated heterocycles. The van der Waals surface area contributed by atoms with Crippen LogP contribution < -0.4 is 25.5 Å². The molecule has 214 valence electrons. The van der Waals surface area contributed by atoms with E-state index in [0.29, 0.717) is 0 Å². The first-order valence-electron chi connectivity index (χ1n) is 11.6. The van der Waals surface area contributed by atoms with Crippen LogP contribution in [0.15, 0.2) is 48.5 Å². The summed E-state index contributed by atoms with van der Waals surface area (Å²) < 4.78 is 63.5. The van der Waals surface area contributed by atoms with Crippen LogP contribution in [0.2, 0.25) is 0 Å². The average Bonchev–Trinajstić information content (AvgIpc) is 3.01. The maximum atomic E-state index is 13.4. The molecule has 3 rings (SSSR count). The summed E-state index contributed by atoms with van der Waals surface area (Å²) in [6, 6.07) is 9.48. The van der Waals surface area contributed by atoms with Crippen LogP contribution in [-0.4, -0.2) is 67.9 Å². The lowest BCUT2D eigenvalue weighted by molar-refractivity contribution is -0.278. The number of anilines is 2. The Labute approximate surface area is 223 Å². The van der Waals surface area contributed by atoms with E-state index in [1.165, 1.54) is 36.6 Å². The summed E-state index contributed by atoms with van der Waals surface area (Å²) in [6.45, 7) is -1.61. The maximum absolute atomic E-state index is 13.4. The number of alkyl halides is 5. The smallest absolute Gasteiger partial charge is 0.455 e. The number of likely N-dealkylation sites (N-methyl/N-ethyl adjacent to an activating group) is 1. The third-order valence-corrected chi connectivity index (χ3v) is 6.14. The van der Waals surface area contributed by atoms with Crippen molar-refractivity contribution in [2.24, 2.45) is 5.92 Å². The molecular formula is C25H22F5N4O6-. The highest BCUT2D eigenvalue weighted by Crippen LogP contribution is 2.35. The third kappa shape index (κ3) is 6.18. The van der Waals surface area contributed by atoms with Crippen molar-refractivity contribution in [3.05, 3.63) is 59.7 Å². The predicted octanol–water partition coefficient (Wildman–Crippen LogP) is 1.11. The summed E-state index contributed by atoms with van der Waals surface area (Å²) in [5.74, 6) is -12.5. The van der Waals surface area contributed by atoms with Crippen LogP contribution in [0, 0.1) is 5.92 Å². The van der Waals surface area contributed by atoms with Gasteiger partial charge < -0.3 is 30.3 Å². The number of fused-ring (bicyclic) bond motifs is 1. The molecule has 1 aliphatic rings. The number of hydrogen-bond donors (Lipinski definition) is 2. The molecule has 0 bridgehead atoms. The Morgan fingerprint density at radius 2 is 1.50 bits per heavy atom. The molecule has 2 N–H and O–H groups in total. The van der Waals surface area contributed by atoms with Gasteiger partial charge in [0.25, 0.3) is 11.8 Å². The lowest BCUT2D eigenvalue weighted by Gasteiger charge is -2.26. The van der Waals surface area contributed by atoms with E-state index >= 15 is 0 Å². The molecule has 10 nitrogen and oxygen atoms in total. The summed E-state index contributed by atoms with van der Waals surface area (Å²) >= 11 is 0. The van der Waals surface area contributed by atoms with Gasteiger partial charge in [-0.15, -0.1) is 0 Å². The largest absolute Gasteiger partial charge is 0.545 e. The molecule has 0 aliphatic carbocycles. The van der Waals surface area contributed by atoms with Crippen LogP contribution in [0.25, 0.3) is 0 Å². The standard InChI is InChI=1S/C25H23F5N4O6/c1-13(19(35)31-12-24(26,27)25(28,29)30)20(36)32-16-11-34(18-6-4-3-5-17(18)33(2)22(16)38)21(37)14-7-9-15(10-8-14)23(39)40/h3-10,13,16H,11-12H2,1-2H3,(H,31,35)(H,32,36)(H,39,40)/p-1/t13?,16-/m0/s1. The quantitative estimate of drug-likeness (QED) is 0.379. The van der Waals surface area contributed by atoms with Gasteiger partial charge in [0.1, 0.15) is 12.0 Å². The third-order valence-electron chi connectivity index (χ3n) is 6.14. The molecule has 1 heterocycles. The predicted molar refractivity (Wildman–Crippen MR) is 127 cm³/mol. The number of carboxylic acids is 1. The minimum Gasteiger partial charge on any atom is -0.545 e. The van der Waals surface area contributed by atoms with Crippen molar-refractivity contribution >= 4 is 41.0 Å². The van der Waals surface area contributed by atoms with Crippen molar-refractivity contribution in [1.82, 2.24) is 10.6 Å². The van der Waals surface area contributed by atoms with Crippen LogP contribution in [0.3, 0.4) is 0 Å². The minimum atomic E-state index is -5.92. The Balaban J connectivity index is 1.84. The second-order valence-electron chi connectivity index (χ2n) is 8.87. The lowest BCUT2D eigenvalue weighted by atomic mass is 10.1. The summed E-state index contributed by atoms with van der Waals surface area (Å²) in [7, 11) is 1.36. The highest BCUT2D eigenvalue weighted by atomic mass is 19.4. The fourth-order valence-electron chi connectivity index (χ4n) is 3.76. The Bertz CT molecular complexity index is 1330. The van der Waals surface area contributed by atoms with Gasteiger partial charge in [0, 0.05) is 12.6 Å². The zero-order valence-electron chi connectivity index (χ0n) is 20.9. The summed E-state index contributed by atoms with van der Waals surface area (Å²) in [4.78, 5) is 64.9. The number of rotatable bonds is 7. The number of carboxylic acid groups (broad SMARTS) is 1. The van der Waals surface area contributed by atoms with Gasteiger partial charge in [0.05, 0.1) is 30.4 Å². The van der Waals surface area contributed by atoms with Crippen molar-refractivity contribution in [1.29, 1.82) is 0 Å². The first-order valence-corrected chi connectivity index (χ1v) is 11.6. The molecule has 1 aliphatic heterocycles. The second-order valence-corrected chi connectivity index (χ2v) is 8.87. The molecule has 1 unspecified atom stereocenters. The summed E-state index contributed by atoms with van der Waals surface area (Å²) in [6.07, 6.45) is -5.92. The topological polar surface area (TPSA) is 139 Å². The molecule has 2 aromatic rings. The molecule has 2 atom stereocenters. The van der Waals surface area contributed by atoms with Crippen LogP contribution in [-0.2, 0) is 14.4 Å². The number of carbonyl (C=O) groups is 5. The summed E-state index contributed by atoms with van der Waals surface area (Å²) in [5, 5.41) is 14.7. The van der Waals surface area contributed by atoms with Crippen LogP contribution in [0.5, 0.6) is 0 Å². The molecule has 0 fully saturated rings. The van der Waals surface area contributed by atoms with E-state index in [2.05, 4.69) is 5.32 Å². The summed E-state index contributed by atoms with van der Waals surface area (Å²) in [5.41, 5.74) is 0.363. The number of halogens is 5. The second kappa shape index (κ2) is 11.3. The molecule has 0 saturated carbocycles. The highest BCUT2D eigenvalue weighted by molar-refractivity contribution is 6.13. The SMILES string of the molecule is CC(C(=O)NCC(F)(F)C(F)(F)F)C(=O)N[C@H]1CN(C(=O)c2ccc(C(=O)[O-])cc2)c2ccccc2N(C)C1=O. The first-order chi connectivity index (χ1) is 18.5. The molecule has 2 aromatic carbocycles. The fourth-order valence-corrected chi connectivity index (χ4v) is 3.76. The number of aromatic carboxylic acids is 1. The van der Waals surface area contributed by atoms with E-state index in [-0.39, 0.29) is 22.5 Å². The van der Waals surface area contributed by atoms with E-state index in [9.17, 15) is 51.0 Å². The van der Waals surface area contributed by atoms with Crippen molar-refractivity contribution < 1.29 is 51.0 Å². The number of para-hydroxylation sites is 2. The number of carbonyl (C=O) groups excluding carboxylic acids is 5. The van der Waals surface area contributed by atoms with Crippen molar-refractivity contribution in [3.8, 4) is 0 Å². The Morgan fingerprint density at radius 3 is 2.05 bits per heavy atom. The van der Waals surface area contributed by atoms with E-state index in [4.69, 9.17) is 0 Å². The van der Waals surface area contributed by atoms with E-state index in [0.717, 1.165) is 28.9 Å². The van der Waals surface area contributed by atoms with E-state index in [1.54, 1.807) is 12.1 Å². The zero-order valence-corrected chi connectivity index (χ0v) is 20.9. The van der Waals surface area contributed by atoms with Gasteiger partial charge in [-0.2, -0.15) is 22.0 Å². The molecular weight excluding hydrogens is 547 g/mol. The van der Waals surface area contributed by atoms with E-state index in [1.807, 2.05) is 0 Å². The molecule has 0 aromatic heterocycles. The molecule has 15 heteroatoms. The van der Waals surface area contributed by atoms with Gasteiger partial charge in [-0.25, -0.2) is 0 Å². The van der Waals surface area contributed by atoms with Gasteiger partial charge in [0.2, 0.25) is 11.8 Å². The van der Waals surface area contributed by atoms with Gasteiger partial charge in [-0.3, -0.25) is 19.2 Å². The Morgan fingerprint density at radius 1 is 0.950 bits per heavy atom. The van der Waals surface area contributed by atoms with E-state index < -0.39 is 66.7 Å². The van der Waals surface area contributed by atoms with Crippen LogP contribution in [0.4, 0.5) is 33.3 Å². The van der Waals surface area contributed by atoms with Crippen LogP contribution in [0.1, 0.15) is 27.6 Å². The average molecular weight is 569 g/mol. The maximum Gasteiger partial charge on any atom is 0.455 e. The number of nitrogens with zero attached hydrogens (tertiary/aromatic N) is 2. The number of benzene rings is 2. The van der Waals surface area contributed by atoms with Gasteiger partial charge in [0.15, 0.2) is 0 Å². The molecule has 4 amide bonds. The Hall–Kier alpha value is -4.56. The lowest BCUT2D eigenvalue weighted by Crippen LogP contribution is -2.55. The Kier molecular flexibility index (Phi) is 8.45. The van der Waals surface area contributed by atoms with Gasteiger partial charge >= 0.3 is 12.1 Å². The van der Waals surface area contributed by atoms with Gasteiger partial charge in [-0.1, -0.05) is 24.3 Å². The molecule has 40 heavy (non-hydrogen) atoms. The highest BCUT2D eigenvalue weighted by Gasteiger charge is 2.57. The fraction of sp³-hybridized carbons (Fsp3) is 0.320. The van der Waals surface area contributed by atoms with Crippen molar-refractivity contribution in [2.75, 3.05) is 29.9 Å².